The molecule has 0 fully saturated rings. The topological polar surface area (TPSA) is 62.5 Å². The molecule has 5 heteroatoms. The number of nitrogens with zero attached hydrogens (tertiary/aromatic N) is 2. The standard InChI is InChI=1S/C18H24N2O3/c1-3-5-11-19(12-6-4-2)18(23)20-15-10-8-7-9-14(15)13-16(20)17(21)22/h7-10,13H,3-6,11-12H2,1-2H3,(H,21,22). The number of amides is 1. The number of para-hydroxylation sites is 1. The molecule has 2 rings (SSSR count). The first-order valence-corrected chi connectivity index (χ1v) is 8.23. The molecule has 1 N–H and O–H groups in total. The molecule has 23 heavy (non-hydrogen) atoms. The summed E-state index contributed by atoms with van der Waals surface area (Å²) in [4.78, 5) is 26.3. The molecule has 0 aliphatic rings. The summed E-state index contributed by atoms with van der Waals surface area (Å²) < 4.78 is 1.34. The van der Waals surface area contributed by atoms with Gasteiger partial charge in [-0.3, -0.25) is 4.57 Å². The van der Waals surface area contributed by atoms with Gasteiger partial charge in [0.1, 0.15) is 5.69 Å². The Morgan fingerprint density at radius 3 is 2.26 bits per heavy atom. The van der Waals surface area contributed by atoms with Gasteiger partial charge >= 0.3 is 12.0 Å². The molecule has 0 saturated heterocycles. The number of carboxylic acid groups (broad SMARTS) is 1. The molecular formula is C18H24N2O3. The van der Waals surface area contributed by atoms with Crippen LogP contribution in [0.15, 0.2) is 30.3 Å². The van der Waals surface area contributed by atoms with Gasteiger partial charge in [-0.2, -0.15) is 0 Å². The molecule has 1 aromatic heterocycles. The van der Waals surface area contributed by atoms with Crippen molar-refractivity contribution < 1.29 is 14.7 Å². The van der Waals surface area contributed by atoms with Gasteiger partial charge in [-0.25, -0.2) is 9.59 Å². The Kier molecular flexibility index (Phi) is 5.79. The fourth-order valence-electron chi connectivity index (χ4n) is 2.66. The number of carbonyl (C=O) groups excluding carboxylic acids is 1. The van der Waals surface area contributed by atoms with Gasteiger partial charge in [-0.15, -0.1) is 0 Å². The van der Waals surface area contributed by atoms with Crippen molar-refractivity contribution in [3.05, 3.63) is 36.0 Å². The minimum absolute atomic E-state index is 0.0224. The Balaban J connectivity index is 2.44. The predicted molar refractivity (Wildman–Crippen MR) is 91.1 cm³/mol. The Morgan fingerprint density at radius 1 is 1.09 bits per heavy atom. The van der Waals surface area contributed by atoms with E-state index in [0.29, 0.717) is 18.6 Å². The molecule has 124 valence electrons. The highest BCUT2D eigenvalue weighted by Crippen LogP contribution is 2.21. The number of benzene rings is 1. The normalized spacial score (nSPS) is 10.9. The van der Waals surface area contributed by atoms with E-state index in [1.54, 1.807) is 17.0 Å². The van der Waals surface area contributed by atoms with Crippen molar-refractivity contribution in [1.82, 2.24) is 9.47 Å². The first-order valence-electron chi connectivity index (χ1n) is 8.23. The van der Waals surface area contributed by atoms with E-state index in [2.05, 4.69) is 13.8 Å². The fraction of sp³-hybridized carbons (Fsp3) is 0.444. The molecular weight excluding hydrogens is 292 g/mol. The lowest BCUT2D eigenvalue weighted by Gasteiger charge is -2.23. The van der Waals surface area contributed by atoms with Crippen LogP contribution < -0.4 is 0 Å². The van der Waals surface area contributed by atoms with Crippen molar-refractivity contribution >= 4 is 22.9 Å². The summed E-state index contributed by atoms with van der Waals surface area (Å²) in [5, 5.41) is 10.2. The molecule has 0 atom stereocenters. The third-order valence-electron chi connectivity index (χ3n) is 3.95. The lowest BCUT2D eigenvalue weighted by atomic mass is 10.2. The van der Waals surface area contributed by atoms with Crippen LogP contribution in [0.25, 0.3) is 10.9 Å². The summed E-state index contributed by atoms with van der Waals surface area (Å²) in [6, 6.07) is 8.60. The Bertz CT molecular complexity index is 683. The van der Waals surface area contributed by atoms with E-state index in [9.17, 15) is 14.7 Å². The van der Waals surface area contributed by atoms with Crippen LogP contribution in [-0.4, -0.2) is 39.7 Å². The Hall–Kier alpha value is -2.30. The second-order valence-electron chi connectivity index (χ2n) is 5.71. The summed E-state index contributed by atoms with van der Waals surface area (Å²) in [5.41, 5.74) is 0.669. The van der Waals surface area contributed by atoms with E-state index in [1.807, 2.05) is 18.2 Å². The molecule has 0 unspecified atom stereocenters. The summed E-state index contributed by atoms with van der Waals surface area (Å²) in [6.07, 6.45) is 3.82. The van der Waals surface area contributed by atoms with Crippen molar-refractivity contribution in [2.45, 2.75) is 39.5 Å². The molecule has 1 aromatic carbocycles. The van der Waals surface area contributed by atoms with Gasteiger partial charge in [-0.05, 0) is 25.0 Å². The summed E-state index contributed by atoms with van der Waals surface area (Å²) in [5.74, 6) is -1.08. The Labute approximate surface area is 136 Å². The number of hydrogen-bond donors (Lipinski definition) is 1. The number of hydrogen-bond acceptors (Lipinski definition) is 2. The van der Waals surface area contributed by atoms with Gasteiger partial charge in [-0.1, -0.05) is 44.9 Å². The van der Waals surface area contributed by atoms with Crippen LogP contribution in [-0.2, 0) is 0 Å². The SMILES string of the molecule is CCCCN(CCCC)C(=O)n1c(C(=O)O)cc2ccccc21. The Morgan fingerprint density at radius 2 is 1.70 bits per heavy atom. The van der Waals surface area contributed by atoms with E-state index < -0.39 is 5.97 Å². The molecule has 0 bridgehead atoms. The third kappa shape index (κ3) is 3.73. The third-order valence-corrected chi connectivity index (χ3v) is 3.95. The van der Waals surface area contributed by atoms with Crippen LogP contribution in [0.5, 0.6) is 0 Å². The maximum absolute atomic E-state index is 13.0. The molecule has 0 radical (unpaired) electrons. The highest BCUT2D eigenvalue weighted by atomic mass is 16.4. The minimum atomic E-state index is -1.08. The highest BCUT2D eigenvalue weighted by molar-refractivity contribution is 6.01. The molecule has 1 heterocycles. The first-order chi connectivity index (χ1) is 11.1. The van der Waals surface area contributed by atoms with Crippen LogP contribution in [0.2, 0.25) is 0 Å². The second-order valence-corrected chi connectivity index (χ2v) is 5.71. The molecule has 1 amide bonds. The lowest BCUT2D eigenvalue weighted by Crippen LogP contribution is -2.37. The van der Waals surface area contributed by atoms with Crippen molar-refractivity contribution in [3.63, 3.8) is 0 Å². The monoisotopic (exact) mass is 316 g/mol. The summed E-state index contributed by atoms with van der Waals surface area (Å²) >= 11 is 0. The predicted octanol–water partition coefficient (Wildman–Crippen LogP) is 4.21. The van der Waals surface area contributed by atoms with Crippen LogP contribution >= 0.6 is 0 Å². The zero-order valence-corrected chi connectivity index (χ0v) is 13.8. The van der Waals surface area contributed by atoms with Gasteiger partial charge in [0.15, 0.2) is 0 Å². The van der Waals surface area contributed by atoms with Gasteiger partial charge in [0, 0.05) is 18.5 Å². The number of carboxylic acids is 1. The number of aromatic nitrogens is 1. The second kappa shape index (κ2) is 7.81. The zero-order chi connectivity index (χ0) is 16.8. The van der Waals surface area contributed by atoms with Crippen LogP contribution in [0, 0.1) is 0 Å². The molecule has 5 nitrogen and oxygen atoms in total. The smallest absolute Gasteiger partial charge is 0.353 e. The number of aromatic carboxylic acids is 1. The van der Waals surface area contributed by atoms with Crippen molar-refractivity contribution in [1.29, 1.82) is 0 Å². The van der Waals surface area contributed by atoms with Crippen molar-refractivity contribution in [2.75, 3.05) is 13.1 Å². The molecule has 0 saturated carbocycles. The average molecular weight is 316 g/mol. The highest BCUT2D eigenvalue weighted by Gasteiger charge is 2.23. The minimum Gasteiger partial charge on any atom is -0.477 e. The van der Waals surface area contributed by atoms with Gasteiger partial charge in [0.25, 0.3) is 0 Å². The molecule has 0 spiro atoms. The van der Waals surface area contributed by atoms with Gasteiger partial charge in [0.2, 0.25) is 0 Å². The molecule has 0 aliphatic heterocycles. The van der Waals surface area contributed by atoms with E-state index in [1.165, 1.54) is 4.57 Å². The number of fused-ring (bicyclic) bond motifs is 1. The largest absolute Gasteiger partial charge is 0.477 e. The zero-order valence-electron chi connectivity index (χ0n) is 13.8. The number of carbonyl (C=O) groups is 2. The van der Waals surface area contributed by atoms with E-state index >= 15 is 0 Å². The van der Waals surface area contributed by atoms with E-state index in [0.717, 1.165) is 31.1 Å². The quantitative estimate of drug-likeness (QED) is 0.832. The summed E-state index contributed by atoms with van der Waals surface area (Å²) in [7, 11) is 0. The van der Waals surface area contributed by atoms with E-state index in [-0.39, 0.29) is 11.7 Å². The molecule has 0 aliphatic carbocycles. The van der Waals surface area contributed by atoms with Crippen molar-refractivity contribution in [3.8, 4) is 0 Å². The average Bonchev–Trinajstić information content (AvgIpc) is 2.94. The van der Waals surface area contributed by atoms with Gasteiger partial charge < -0.3 is 10.0 Å². The van der Waals surface area contributed by atoms with Crippen LogP contribution in [0.4, 0.5) is 4.79 Å². The molecule has 2 aromatic rings. The maximum Gasteiger partial charge on any atom is 0.353 e. The van der Waals surface area contributed by atoms with Crippen molar-refractivity contribution in [2.24, 2.45) is 0 Å². The number of unbranched alkanes of at least 4 members (excludes halogenated alkanes) is 2. The van der Waals surface area contributed by atoms with Crippen LogP contribution in [0.3, 0.4) is 0 Å². The summed E-state index contributed by atoms with van der Waals surface area (Å²) in [6.45, 7) is 5.47. The van der Waals surface area contributed by atoms with Gasteiger partial charge in [0.05, 0.1) is 5.52 Å². The maximum atomic E-state index is 13.0. The van der Waals surface area contributed by atoms with E-state index in [4.69, 9.17) is 0 Å². The first kappa shape index (κ1) is 17.1. The lowest BCUT2D eigenvalue weighted by molar-refractivity contribution is 0.0685. The van der Waals surface area contributed by atoms with Crippen LogP contribution in [0.1, 0.15) is 50.0 Å². The fourth-order valence-corrected chi connectivity index (χ4v) is 2.66. The number of rotatable bonds is 7.